The van der Waals surface area contributed by atoms with Crippen LogP contribution in [0.3, 0.4) is 0 Å². The fraction of sp³-hybridized carbons (Fsp3) is 0.429. The normalized spacial score (nSPS) is 18.1. The minimum atomic E-state index is -0.267. The zero-order chi connectivity index (χ0) is 12.1. The third-order valence-electron chi connectivity index (χ3n) is 3.81. The topological polar surface area (TPSA) is 30.7 Å². The average molecular weight is 243 g/mol. The van der Waals surface area contributed by atoms with Crippen molar-refractivity contribution in [3.05, 3.63) is 35.5 Å². The van der Waals surface area contributed by atoms with Gasteiger partial charge in [-0.3, -0.25) is 9.67 Å². The van der Waals surface area contributed by atoms with Gasteiger partial charge in [0.2, 0.25) is 0 Å². The first kappa shape index (κ1) is 10.2. The first-order valence-corrected chi connectivity index (χ1v) is 6.54. The molecule has 0 saturated heterocycles. The molecule has 1 aliphatic heterocycles. The fourth-order valence-corrected chi connectivity index (χ4v) is 2.65. The van der Waals surface area contributed by atoms with Gasteiger partial charge in [0.15, 0.2) is 5.82 Å². The van der Waals surface area contributed by atoms with E-state index in [0.29, 0.717) is 11.5 Å². The van der Waals surface area contributed by atoms with Crippen LogP contribution in [0.5, 0.6) is 0 Å². The van der Waals surface area contributed by atoms with Crippen molar-refractivity contribution in [3.63, 3.8) is 0 Å². The summed E-state index contributed by atoms with van der Waals surface area (Å²) in [5.41, 5.74) is 3.59. The molecule has 0 atom stereocenters. The number of nitrogens with zero attached hydrogens (tertiary/aromatic N) is 3. The van der Waals surface area contributed by atoms with Crippen LogP contribution in [-0.4, -0.2) is 14.8 Å². The van der Waals surface area contributed by atoms with Gasteiger partial charge in [-0.2, -0.15) is 5.10 Å². The standard InChI is InChI=1S/C14H14FN3/c15-12-8-16-13(9-3-4-9)7-11(12)14-6-10-2-1-5-18(10)17-14/h6-9H,1-5H2. The van der Waals surface area contributed by atoms with E-state index in [4.69, 9.17) is 0 Å². The van der Waals surface area contributed by atoms with E-state index in [1.807, 2.05) is 16.8 Å². The van der Waals surface area contributed by atoms with E-state index in [2.05, 4.69) is 10.1 Å². The van der Waals surface area contributed by atoms with E-state index in [1.165, 1.54) is 24.7 Å². The van der Waals surface area contributed by atoms with Gasteiger partial charge in [0.25, 0.3) is 0 Å². The number of aromatic nitrogens is 3. The highest BCUT2D eigenvalue weighted by molar-refractivity contribution is 5.61. The lowest BCUT2D eigenvalue weighted by molar-refractivity contribution is 0.619. The lowest BCUT2D eigenvalue weighted by Gasteiger charge is -2.03. The van der Waals surface area contributed by atoms with Crippen LogP contribution < -0.4 is 0 Å². The van der Waals surface area contributed by atoms with Gasteiger partial charge in [-0.15, -0.1) is 0 Å². The molecule has 1 fully saturated rings. The zero-order valence-electron chi connectivity index (χ0n) is 10.1. The Hall–Kier alpha value is -1.71. The Bertz CT molecular complexity index is 592. The molecule has 1 aliphatic carbocycles. The van der Waals surface area contributed by atoms with Gasteiger partial charge >= 0.3 is 0 Å². The number of fused-ring (bicyclic) bond motifs is 1. The quantitative estimate of drug-likeness (QED) is 0.812. The molecule has 0 bridgehead atoms. The Balaban J connectivity index is 1.79. The van der Waals surface area contributed by atoms with Crippen LogP contribution in [0.1, 0.15) is 36.6 Å². The summed E-state index contributed by atoms with van der Waals surface area (Å²) in [6.07, 6.45) is 5.90. The number of hydrogen-bond acceptors (Lipinski definition) is 2. The lowest BCUT2D eigenvalue weighted by atomic mass is 10.1. The van der Waals surface area contributed by atoms with Crippen molar-refractivity contribution in [2.75, 3.05) is 0 Å². The molecule has 3 nitrogen and oxygen atoms in total. The Labute approximate surface area is 105 Å². The van der Waals surface area contributed by atoms with E-state index < -0.39 is 0 Å². The molecule has 4 rings (SSSR count). The second-order valence-electron chi connectivity index (χ2n) is 5.21. The van der Waals surface area contributed by atoms with E-state index in [9.17, 15) is 4.39 Å². The summed E-state index contributed by atoms with van der Waals surface area (Å²) in [5, 5.41) is 4.49. The van der Waals surface area contributed by atoms with Crippen LogP contribution in [0, 0.1) is 5.82 Å². The molecular formula is C14H14FN3. The predicted octanol–water partition coefficient (Wildman–Crippen LogP) is 2.91. The first-order chi connectivity index (χ1) is 8.81. The van der Waals surface area contributed by atoms with E-state index in [1.54, 1.807) is 0 Å². The summed E-state index contributed by atoms with van der Waals surface area (Å²) in [6, 6.07) is 3.90. The SMILES string of the molecule is Fc1cnc(C2CC2)cc1-c1cc2n(n1)CCC2. The Morgan fingerprint density at radius 2 is 2.17 bits per heavy atom. The second kappa shape index (κ2) is 3.64. The Morgan fingerprint density at radius 1 is 1.28 bits per heavy atom. The van der Waals surface area contributed by atoms with Crippen molar-refractivity contribution in [1.82, 2.24) is 14.8 Å². The molecule has 0 amide bonds. The number of pyridine rings is 1. The highest BCUT2D eigenvalue weighted by Crippen LogP contribution is 2.40. The predicted molar refractivity (Wildman–Crippen MR) is 65.7 cm³/mol. The van der Waals surface area contributed by atoms with E-state index in [-0.39, 0.29) is 5.82 Å². The highest BCUT2D eigenvalue weighted by atomic mass is 19.1. The molecule has 0 unspecified atom stereocenters. The van der Waals surface area contributed by atoms with Crippen molar-refractivity contribution >= 4 is 0 Å². The molecule has 3 heterocycles. The van der Waals surface area contributed by atoms with Gasteiger partial charge < -0.3 is 0 Å². The fourth-order valence-electron chi connectivity index (χ4n) is 2.65. The monoisotopic (exact) mass is 243 g/mol. The maximum atomic E-state index is 13.9. The molecule has 0 aromatic carbocycles. The van der Waals surface area contributed by atoms with Gasteiger partial charge in [-0.1, -0.05) is 0 Å². The van der Waals surface area contributed by atoms with Crippen LogP contribution in [0.25, 0.3) is 11.3 Å². The van der Waals surface area contributed by atoms with E-state index >= 15 is 0 Å². The second-order valence-corrected chi connectivity index (χ2v) is 5.21. The molecular weight excluding hydrogens is 229 g/mol. The minimum Gasteiger partial charge on any atom is -0.269 e. The van der Waals surface area contributed by atoms with Gasteiger partial charge in [-0.05, 0) is 37.8 Å². The zero-order valence-corrected chi connectivity index (χ0v) is 10.1. The summed E-state index contributed by atoms with van der Waals surface area (Å²) in [4.78, 5) is 4.18. The van der Waals surface area contributed by atoms with Crippen molar-refractivity contribution in [2.24, 2.45) is 0 Å². The summed E-state index contributed by atoms with van der Waals surface area (Å²) >= 11 is 0. The van der Waals surface area contributed by atoms with Crippen molar-refractivity contribution in [3.8, 4) is 11.3 Å². The summed E-state index contributed by atoms with van der Waals surface area (Å²) in [5.74, 6) is 0.273. The first-order valence-electron chi connectivity index (χ1n) is 6.54. The van der Waals surface area contributed by atoms with Gasteiger partial charge in [0.05, 0.1) is 11.9 Å². The number of halogens is 1. The van der Waals surface area contributed by atoms with Crippen LogP contribution >= 0.6 is 0 Å². The molecule has 0 N–H and O–H groups in total. The molecule has 2 aromatic rings. The largest absolute Gasteiger partial charge is 0.269 e. The third-order valence-corrected chi connectivity index (χ3v) is 3.81. The van der Waals surface area contributed by atoms with Crippen LogP contribution in [0.15, 0.2) is 18.3 Å². The molecule has 92 valence electrons. The Morgan fingerprint density at radius 3 is 2.94 bits per heavy atom. The third kappa shape index (κ3) is 1.55. The molecule has 18 heavy (non-hydrogen) atoms. The van der Waals surface area contributed by atoms with Gasteiger partial charge in [0, 0.05) is 29.4 Å². The highest BCUT2D eigenvalue weighted by Gasteiger charge is 2.26. The molecule has 2 aliphatic rings. The molecule has 0 spiro atoms. The minimum absolute atomic E-state index is 0.267. The van der Waals surface area contributed by atoms with Crippen LogP contribution in [0.4, 0.5) is 4.39 Å². The Kier molecular flexibility index (Phi) is 2.07. The summed E-state index contributed by atoms with van der Waals surface area (Å²) < 4.78 is 15.9. The molecule has 0 radical (unpaired) electrons. The molecule has 2 aromatic heterocycles. The van der Waals surface area contributed by atoms with Crippen molar-refractivity contribution in [2.45, 2.75) is 38.1 Å². The maximum Gasteiger partial charge on any atom is 0.150 e. The number of rotatable bonds is 2. The summed E-state index contributed by atoms with van der Waals surface area (Å²) in [6.45, 7) is 0.956. The van der Waals surface area contributed by atoms with Crippen LogP contribution in [-0.2, 0) is 13.0 Å². The average Bonchev–Trinajstić information content (AvgIpc) is 2.98. The van der Waals surface area contributed by atoms with Crippen molar-refractivity contribution in [1.29, 1.82) is 0 Å². The number of aryl methyl sites for hydroxylation is 2. The molecule has 4 heteroatoms. The van der Waals surface area contributed by atoms with Gasteiger partial charge in [0.1, 0.15) is 0 Å². The maximum absolute atomic E-state index is 13.9. The summed E-state index contributed by atoms with van der Waals surface area (Å²) in [7, 11) is 0. The smallest absolute Gasteiger partial charge is 0.150 e. The number of hydrogen-bond donors (Lipinski definition) is 0. The molecule has 1 saturated carbocycles. The van der Waals surface area contributed by atoms with Crippen molar-refractivity contribution < 1.29 is 4.39 Å². The van der Waals surface area contributed by atoms with E-state index in [0.717, 1.165) is 30.8 Å². The lowest BCUT2D eigenvalue weighted by Crippen LogP contribution is -1.96. The van der Waals surface area contributed by atoms with Crippen LogP contribution in [0.2, 0.25) is 0 Å². The van der Waals surface area contributed by atoms with Gasteiger partial charge in [-0.25, -0.2) is 4.39 Å².